The van der Waals surface area contributed by atoms with Gasteiger partial charge in [0.25, 0.3) is 0 Å². The first-order chi connectivity index (χ1) is 13.6. The Balaban J connectivity index is 1.53. The maximum absolute atomic E-state index is 13.1. The van der Waals surface area contributed by atoms with E-state index in [9.17, 15) is 9.59 Å². The number of likely N-dealkylation sites (tertiary alicyclic amines) is 1. The molecule has 0 spiro atoms. The van der Waals surface area contributed by atoms with E-state index < -0.39 is 0 Å². The summed E-state index contributed by atoms with van der Waals surface area (Å²) in [7, 11) is 3.40. The van der Waals surface area contributed by atoms with Crippen molar-refractivity contribution in [2.24, 2.45) is 11.3 Å². The van der Waals surface area contributed by atoms with Crippen molar-refractivity contribution in [1.82, 2.24) is 14.7 Å². The summed E-state index contributed by atoms with van der Waals surface area (Å²) in [5, 5.41) is 0. The van der Waals surface area contributed by atoms with Gasteiger partial charge in [0, 0.05) is 53.5 Å². The van der Waals surface area contributed by atoms with E-state index in [2.05, 4.69) is 4.90 Å². The summed E-state index contributed by atoms with van der Waals surface area (Å²) >= 11 is 0. The largest absolute Gasteiger partial charge is 0.384 e. The second kappa shape index (κ2) is 10.0. The molecular formula is C21H37N3O4. The van der Waals surface area contributed by atoms with Crippen LogP contribution in [-0.4, -0.2) is 99.8 Å². The summed E-state index contributed by atoms with van der Waals surface area (Å²) < 4.78 is 10.5. The summed E-state index contributed by atoms with van der Waals surface area (Å²) in [6.45, 7) is 6.82. The Hall–Kier alpha value is -1.18. The Bertz CT molecular complexity index is 538. The SMILES string of the molecule is COCCN1CCCC(C(=O)N2CCCN(C(=O)C3(COC)CCC3)CC2)C1. The van der Waals surface area contributed by atoms with Gasteiger partial charge in [0.2, 0.25) is 11.8 Å². The van der Waals surface area contributed by atoms with Crippen LogP contribution in [0, 0.1) is 11.3 Å². The van der Waals surface area contributed by atoms with Crippen LogP contribution < -0.4 is 0 Å². The number of rotatable bonds is 7. The molecule has 0 N–H and O–H groups in total. The van der Waals surface area contributed by atoms with Crippen LogP contribution in [0.4, 0.5) is 0 Å². The van der Waals surface area contributed by atoms with Gasteiger partial charge in [0.15, 0.2) is 0 Å². The third kappa shape index (κ3) is 4.86. The molecule has 3 fully saturated rings. The third-order valence-corrected chi connectivity index (χ3v) is 6.75. The van der Waals surface area contributed by atoms with Gasteiger partial charge < -0.3 is 24.2 Å². The maximum Gasteiger partial charge on any atom is 0.231 e. The van der Waals surface area contributed by atoms with Crippen molar-refractivity contribution in [2.75, 3.05) is 73.2 Å². The fourth-order valence-corrected chi connectivity index (χ4v) is 4.91. The lowest BCUT2D eigenvalue weighted by Crippen LogP contribution is -2.51. The number of nitrogens with zero attached hydrogens (tertiary/aromatic N) is 3. The lowest BCUT2D eigenvalue weighted by atomic mass is 9.68. The van der Waals surface area contributed by atoms with Gasteiger partial charge in [0.1, 0.15) is 0 Å². The van der Waals surface area contributed by atoms with Gasteiger partial charge >= 0.3 is 0 Å². The molecule has 7 heteroatoms. The van der Waals surface area contributed by atoms with Gasteiger partial charge in [-0.25, -0.2) is 0 Å². The standard InChI is InChI=1S/C21H37N3O4/c1-27-15-14-22-9-3-6-18(16-22)19(25)23-10-5-11-24(13-12-23)20(26)21(17-28-2)7-4-8-21/h18H,3-17H2,1-2H3. The second-order valence-electron chi connectivity index (χ2n) is 8.67. The van der Waals surface area contributed by atoms with Crippen LogP contribution in [0.15, 0.2) is 0 Å². The van der Waals surface area contributed by atoms with Crippen molar-refractivity contribution in [3.63, 3.8) is 0 Å². The van der Waals surface area contributed by atoms with Crippen molar-refractivity contribution >= 4 is 11.8 Å². The van der Waals surface area contributed by atoms with Gasteiger partial charge in [0.05, 0.1) is 24.5 Å². The highest BCUT2D eigenvalue weighted by atomic mass is 16.5. The lowest BCUT2D eigenvalue weighted by molar-refractivity contribution is -0.152. The maximum atomic E-state index is 13.1. The lowest BCUT2D eigenvalue weighted by Gasteiger charge is -2.42. The van der Waals surface area contributed by atoms with E-state index in [0.717, 1.165) is 71.2 Å². The van der Waals surface area contributed by atoms with Gasteiger partial charge in [-0.2, -0.15) is 0 Å². The Morgan fingerprint density at radius 2 is 1.68 bits per heavy atom. The molecule has 0 aromatic carbocycles. The number of hydrogen-bond acceptors (Lipinski definition) is 5. The predicted molar refractivity (Wildman–Crippen MR) is 107 cm³/mol. The molecule has 160 valence electrons. The molecule has 3 aliphatic rings. The zero-order valence-electron chi connectivity index (χ0n) is 17.7. The van der Waals surface area contributed by atoms with E-state index in [4.69, 9.17) is 9.47 Å². The van der Waals surface area contributed by atoms with Crippen LogP contribution in [0.3, 0.4) is 0 Å². The predicted octanol–water partition coefficient (Wildman–Crippen LogP) is 1.22. The van der Waals surface area contributed by atoms with Crippen LogP contribution in [0.5, 0.6) is 0 Å². The van der Waals surface area contributed by atoms with Gasteiger partial charge in [-0.05, 0) is 38.6 Å². The number of amides is 2. The van der Waals surface area contributed by atoms with E-state index in [1.807, 2.05) is 9.80 Å². The van der Waals surface area contributed by atoms with Crippen LogP contribution in [0.25, 0.3) is 0 Å². The number of piperidine rings is 1. The van der Waals surface area contributed by atoms with Crippen molar-refractivity contribution in [1.29, 1.82) is 0 Å². The topological polar surface area (TPSA) is 62.3 Å². The van der Waals surface area contributed by atoms with Crippen molar-refractivity contribution in [2.45, 2.75) is 38.5 Å². The van der Waals surface area contributed by atoms with Crippen molar-refractivity contribution in [3.05, 3.63) is 0 Å². The van der Waals surface area contributed by atoms with Gasteiger partial charge in [-0.3, -0.25) is 9.59 Å². The molecule has 0 aromatic heterocycles. The summed E-state index contributed by atoms with van der Waals surface area (Å²) in [4.78, 5) is 32.5. The van der Waals surface area contributed by atoms with Gasteiger partial charge in [-0.15, -0.1) is 0 Å². The molecule has 2 saturated heterocycles. The normalized spacial score (nSPS) is 25.9. The number of carbonyl (C=O) groups is 2. The molecule has 1 aliphatic carbocycles. The summed E-state index contributed by atoms with van der Waals surface area (Å²) in [6.07, 6.45) is 5.86. The number of hydrogen-bond donors (Lipinski definition) is 0. The number of ether oxygens (including phenoxy) is 2. The average Bonchev–Trinajstić information content (AvgIpc) is 2.94. The van der Waals surface area contributed by atoms with E-state index in [1.54, 1.807) is 14.2 Å². The molecule has 2 aliphatic heterocycles. The Labute approximate surface area is 169 Å². The monoisotopic (exact) mass is 395 g/mol. The molecule has 1 unspecified atom stereocenters. The van der Waals surface area contributed by atoms with Crippen LogP contribution in [0.2, 0.25) is 0 Å². The van der Waals surface area contributed by atoms with Crippen molar-refractivity contribution in [3.8, 4) is 0 Å². The summed E-state index contributed by atoms with van der Waals surface area (Å²) in [5.74, 6) is 0.587. The van der Waals surface area contributed by atoms with Crippen LogP contribution in [-0.2, 0) is 19.1 Å². The Morgan fingerprint density at radius 3 is 2.36 bits per heavy atom. The third-order valence-electron chi connectivity index (χ3n) is 6.75. The molecule has 2 amide bonds. The number of methoxy groups -OCH3 is 2. The van der Waals surface area contributed by atoms with E-state index >= 15 is 0 Å². The highest BCUT2D eigenvalue weighted by molar-refractivity contribution is 5.84. The minimum atomic E-state index is -0.306. The molecule has 0 bridgehead atoms. The molecule has 0 aromatic rings. The molecule has 3 rings (SSSR count). The average molecular weight is 396 g/mol. The first-order valence-electron chi connectivity index (χ1n) is 10.9. The summed E-state index contributed by atoms with van der Waals surface area (Å²) in [5.41, 5.74) is -0.306. The molecule has 1 atom stereocenters. The van der Waals surface area contributed by atoms with Crippen LogP contribution in [0.1, 0.15) is 38.5 Å². The second-order valence-corrected chi connectivity index (χ2v) is 8.67. The quantitative estimate of drug-likeness (QED) is 0.649. The molecule has 7 nitrogen and oxygen atoms in total. The molecule has 0 radical (unpaired) electrons. The molecule has 1 saturated carbocycles. The van der Waals surface area contributed by atoms with E-state index in [-0.39, 0.29) is 23.1 Å². The smallest absolute Gasteiger partial charge is 0.231 e. The highest BCUT2D eigenvalue weighted by Crippen LogP contribution is 2.42. The zero-order valence-corrected chi connectivity index (χ0v) is 17.7. The minimum absolute atomic E-state index is 0.0827. The Morgan fingerprint density at radius 1 is 0.929 bits per heavy atom. The minimum Gasteiger partial charge on any atom is -0.384 e. The van der Waals surface area contributed by atoms with Crippen LogP contribution >= 0.6 is 0 Å². The molecule has 2 heterocycles. The fraction of sp³-hybridized carbons (Fsp3) is 0.905. The molecular weight excluding hydrogens is 358 g/mol. The van der Waals surface area contributed by atoms with E-state index in [0.29, 0.717) is 26.3 Å². The van der Waals surface area contributed by atoms with E-state index in [1.165, 1.54) is 0 Å². The number of carbonyl (C=O) groups excluding carboxylic acids is 2. The first-order valence-corrected chi connectivity index (χ1v) is 10.9. The Kier molecular flexibility index (Phi) is 7.71. The first kappa shape index (κ1) is 21.5. The fourth-order valence-electron chi connectivity index (χ4n) is 4.91. The van der Waals surface area contributed by atoms with Gasteiger partial charge in [-0.1, -0.05) is 6.42 Å². The highest BCUT2D eigenvalue weighted by Gasteiger charge is 2.46. The zero-order chi connectivity index (χ0) is 20.0. The summed E-state index contributed by atoms with van der Waals surface area (Å²) in [6, 6.07) is 0. The molecule has 28 heavy (non-hydrogen) atoms. The van der Waals surface area contributed by atoms with Crippen molar-refractivity contribution < 1.29 is 19.1 Å².